The summed E-state index contributed by atoms with van der Waals surface area (Å²) in [6, 6.07) is 14.8. The number of nitrogens with one attached hydrogen (secondary N) is 2. The third kappa shape index (κ3) is 2.87. The molecule has 1 aliphatic heterocycles. The highest BCUT2D eigenvalue weighted by atomic mass is 16.5. The fourth-order valence-electron chi connectivity index (χ4n) is 2.47. The number of hydrogen-bond acceptors (Lipinski definition) is 4. The molecule has 0 bridgehead atoms. The van der Waals surface area contributed by atoms with E-state index in [4.69, 9.17) is 10.5 Å². The minimum atomic E-state index is 0.0579. The van der Waals surface area contributed by atoms with Crippen LogP contribution < -0.4 is 21.3 Å². The molecule has 0 amide bonds. The van der Waals surface area contributed by atoms with Gasteiger partial charge >= 0.3 is 0 Å². The SMILES string of the molecule is NC1CC(CCOc2cccc3ccccc23)NN1. The van der Waals surface area contributed by atoms with Crippen molar-refractivity contribution in [2.24, 2.45) is 5.73 Å². The number of benzene rings is 2. The topological polar surface area (TPSA) is 59.3 Å². The maximum Gasteiger partial charge on any atom is 0.127 e. The second-order valence-electron chi connectivity index (χ2n) is 4.94. The molecule has 2 unspecified atom stereocenters. The molecular weight excluding hydrogens is 238 g/mol. The molecule has 2 aromatic carbocycles. The van der Waals surface area contributed by atoms with Crippen LogP contribution in [-0.2, 0) is 0 Å². The van der Waals surface area contributed by atoms with Crippen LogP contribution in [-0.4, -0.2) is 18.8 Å². The summed E-state index contributed by atoms with van der Waals surface area (Å²) in [7, 11) is 0. The Balaban J connectivity index is 1.62. The second-order valence-corrected chi connectivity index (χ2v) is 4.94. The molecule has 0 aromatic heterocycles. The van der Waals surface area contributed by atoms with E-state index in [1.165, 1.54) is 10.8 Å². The van der Waals surface area contributed by atoms with Crippen LogP contribution in [0.2, 0.25) is 0 Å². The average Bonchev–Trinajstić information content (AvgIpc) is 2.85. The molecule has 2 atom stereocenters. The highest BCUT2D eigenvalue weighted by Crippen LogP contribution is 2.25. The van der Waals surface area contributed by atoms with E-state index in [-0.39, 0.29) is 6.17 Å². The van der Waals surface area contributed by atoms with Crippen molar-refractivity contribution in [2.75, 3.05) is 6.61 Å². The van der Waals surface area contributed by atoms with E-state index in [1.54, 1.807) is 0 Å². The van der Waals surface area contributed by atoms with Crippen molar-refractivity contribution in [3.05, 3.63) is 42.5 Å². The van der Waals surface area contributed by atoms with E-state index in [1.807, 2.05) is 24.3 Å². The lowest BCUT2D eigenvalue weighted by Gasteiger charge is -2.12. The van der Waals surface area contributed by atoms with Crippen molar-refractivity contribution in [3.8, 4) is 5.75 Å². The van der Waals surface area contributed by atoms with Gasteiger partial charge in [-0.15, -0.1) is 0 Å². The Labute approximate surface area is 112 Å². The third-order valence-electron chi connectivity index (χ3n) is 3.48. The quantitative estimate of drug-likeness (QED) is 0.781. The van der Waals surface area contributed by atoms with Gasteiger partial charge in [0.1, 0.15) is 5.75 Å². The van der Waals surface area contributed by atoms with Gasteiger partial charge in [-0.25, -0.2) is 5.43 Å². The molecule has 0 radical (unpaired) electrons. The van der Waals surface area contributed by atoms with E-state index in [0.717, 1.165) is 18.6 Å². The highest BCUT2D eigenvalue weighted by Gasteiger charge is 2.19. The van der Waals surface area contributed by atoms with E-state index in [2.05, 4.69) is 29.1 Å². The van der Waals surface area contributed by atoms with E-state index in [9.17, 15) is 0 Å². The molecule has 4 heteroatoms. The Hall–Kier alpha value is -1.62. The Kier molecular flexibility index (Phi) is 3.64. The van der Waals surface area contributed by atoms with Crippen molar-refractivity contribution in [1.82, 2.24) is 10.9 Å². The minimum absolute atomic E-state index is 0.0579. The largest absolute Gasteiger partial charge is 0.493 e. The summed E-state index contributed by atoms with van der Waals surface area (Å²) in [5, 5.41) is 2.38. The molecule has 0 aliphatic carbocycles. The molecular formula is C15H19N3O. The summed E-state index contributed by atoms with van der Waals surface area (Å²) in [6.07, 6.45) is 1.95. The summed E-state index contributed by atoms with van der Waals surface area (Å²) in [5.41, 5.74) is 12.0. The summed E-state index contributed by atoms with van der Waals surface area (Å²) in [4.78, 5) is 0. The Bertz CT molecular complexity index is 553. The summed E-state index contributed by atoms with van der Waals surface area (Å²) in [6.45, 7) is 0.695. The Morgan fingerprint density at radius 2 is 1.95 bits per heavy atom. The zero-order valence-electron chi connectivity index (χ0n) is 10.8. The number of nitrogens with two attached hydrogens (primary N) is 1. The lowest BCUT2D eigenvalue weighted by molar-refractivity contribution is 0.293. The first-order chi connectivity index (χ1) is 9.33. The van der Waals surface area contributed by atoms with Crippen LogP contribution in [0, 0.1) is 0 Å². The first-order valence-corrected chi connectivity index (χ1v) is 6.70. The fraction of sp³-hybridized carbons (Fsp3) is 0.333. The number of fused-ring (bicyclic) bond motifs is 1. The first kappa shape index (κ1) is 12.4. The maximum atomic E-state index is 5.91. The van der Waals surface area contributed by atoms with Crippen LogP contribution in [0.1, 0.15) is 12.8 Å². The van der Waals surface area contributed by atoms with Crippen LogP contribution in [0.3, 0.4) is 0 Å². The number of hydrogen-bond donors (Lipinski definition) is 3. The standard InChI is InChI=1S/C15H19N3O/c16-15-10-12(17-18-15)8-9-19-14-7-3-5-11-4-1-2-6-13(11)14/h1-7,12,15,17-18H,8-10,16H2. The predicted octanol–water partition coefficient (Wildman–Crippen LogP) is 1.76. The minimum Gasteiger partial charge on any atom is -0.493 e. The summed E-state index contributed by atoms with van der Waals surface area (Å²) >= 11 is 0. The van der Waals surface area contributed by atoms with Gasteiger partial charge in [0.15, 0.2) is 0 Å². The van der Waals surface area contributed by atoms with E-state index in [0.29, 0.717) is 12.6 Å². The van der Waals surface area contributed by atoms with Crippen LogP contribution >= 0.6 is 0 Å². The van der Waals surface area contributed by atoms with Crippen LogP contribution in [0.5, 0.6) is 5.75 Å². The van der Waals surface area contributed by atoms with E-state index >= 15 is 0 Å². The summed E-state index contributed by atoms with van der Waals surface area (Å²) in [5.74, 6) is 0.952. The van der Waals surface area contributed by atoms with Gasteiger partial charge < -0.3 is 10.5 Å². The summed E-state index contributed by atoms with van der Waals surface area (Å²) < 4.78 is 5.91. The molecule has 4 N–H and O–H groups in total. The van der Waals surface area contributed by atoms with Crippen molar-refractivity contribution in [2.45, 2.75) is 25.0 Å². The molecule has 1 aliphatic rings. The Morgan fingerprint density at radius 3 is 2.79 bits per heavy atom. The fourth-order valence-corrected chi connectivity index (χ4v) is 2.47. The molecule has 3 rings (SSSR count). The van der Waals surface area contributed by atoms with Crippen molar-refractivity contribution in [1.29, 1.82) is 0 Å². The van der Waals surface area contributed by atoms with Gasteiger partial charge in [-0.1, -0.05) is 36.4 Å². The van der Waals surface area contributed by atoms with Gasteiger partial charge in [0, 0.05) is 11.4 Å². The molecule has 0 spiro atoms. The predicted molar refractivity (Wildman–Crippen MR) is 76.7 cm³/mol. The number of ether oxygens (including phenoxy) is 1. The number of rotatable bonds is 4. The second kappa shape index (κ2) is 5.57. The lowest BCUT2D eigenvalue weighted by Crippen LogP contribution is -2.37. The maximum absolute atomic E-state index is 5.91. The normalized spacial score (nSPS) is 22.8. The van der Waals surface area contributed by atoms with Gasteiger partial charge in [-0.3, -0.25) is 5.43 Å². The molecule has 19 heavy (non-hydrogen) atoms. The molecule has 1 heterocycles. The van der Waals surface area contributed by atoms with Crippen LogP contribution in [0.4, 0.5) is 0 Å². The average molecular weight is 257 g/mol. The molecule has 4 nitrogen and oxygen atoms in total. The van der Waals surface area contributed by atoms with Gasteiger partial charge in [0.25, 0.3) is 0 Å². The van der Waals surface area contributed by atoms with E-state index < -0.39 is 0 Å². The number of hydrazine groups is 1. The third-order valence-corrected chi connectivity index (χ3v) is 3.48. The van der Waals surface area contributed by atoms with Gasteiger partial charge in [0.05, 0.1) is 12.8 Å². The van der Waals surface area contributed by atoms with Crippen LogP contribution in [0.15, 0.2) is 42.5 Å². The molecule has 1 saturated heterocycles. The molecule has 1 fully saturated rings. The Morgan fingerprint density at radius 1 is 1.11 bits per heavy atom. The molecule has 2 aromatic rings. The van der Waals surface area contributed by atoms with Crippen molar-refractivity contribution < 1.29 is 4.74 Å². The smallest absolute Gasteiger partial charge is 0.127 e. The lowest BCUT2D eigenvalue weighted by atomic mass is 10.1. The molecule has 100 valence electrons. The monoisotopic (exact) mass is 257 g/mol. The first-order valence-electron chi connectivity index (χ1n) is 6.70. The van der Waals surface area contributed by atoms with Gasteiger partial charge in [-0.05, 0) is 24.3 Å². The van der Waals surface area contributed by atoms with Gasteiger partial charge in [0.2, 0.25) is 0 Å². The van der Waals surface area contributed by atoms with Crippen molar-refractivity contribution >= 4 is 10.8 Å². The molecule has 0 saturated carbocycles. The zero-order chi connectivity index (χ0) is 13.1. The van der Waals surface area contributed by atoms with Crippen LogP contribution in [0.25, 0.3) is 10.8 Å². The van der Waals surface area contributed by atoms with Gasteiger partial charge in [-0.2, -0.15) is 0 Å². The highest BCUT2D eigenvalue weighted by molar-refractivity contribution is 5.88. The zero-order valence-corrected chi connectivity index (χ0v) is 10.8. The van der Waals surface area contributed by atoms with Crippen molar-refractivity contribution in [3.63, 3.8) is 0 Å².